The van der Waals surface area contributed by atoms with Crippen LogP contribution < -0.4 is 5.73 Å². The Bertz CT molecular complexity index is 687. The zero-order chi connectivity index (χ0) is 13.2. The number of nitrogens with two attached hydrogens (primary N) is 1. The fraction of sp³-hybridized carbons (Fsp3) is 0.125. The number of halogens is 1. The van der Waals surface area contributed by atoms with Gasteiger partial charge in [-0.05, 0) is 30.2 Å². The summed E-state index contributed by atoms with van der Waals surface area (Å²) in [5.41, 5.74) is 9.38. The predicted octanol–water partition coefficient (Wildman–Crippen LogP) is 4.33. The van der Waals surface area contributed by atoms with Gasteiger partial charge in [-0.25, -0.2) is 0 Å². The molecule has 0 amide bonds. The normalized spacial score (nSPS) is 12.7. The highest BCUT2D eigenvalue weighted by Crippen LogP contribution is 2.27. The Labute approximate surface area is 116 Å². The molecule has 0 aliphatic carbocycles. The third-order valence-corrected chi connectivity index (χ3v) is 3.53. The van der Waals surface area contributed by atoms with Crippen molar-refractivity contribution in [3.05, 3.63) is 70.9 Å². The quantitative estimate of drug-likeness (QED) is 0.770. The van der Waals surface area contributed by atoms with Gasteiger partial charge in [0.15, 0.2) is 0 Å². The molecule has 3 aromatic rings. The fourth-order valence-electron chi connectivity index (χ4n) is 2.27. The minimum atomic E-state index is -0.0789. The summed E-state index contributed by atoms with van der Waals surface area (Å²) in [6.45, 7) is 0. The van der Waals surface area contributed by atoms with Gasteiger partial charge in [0.05, 0.1) is 6.26 Å². The molecule has 2 nitrogen and oxygen atoms in total. The van der Waals surface area contributed by atoms with Gasteiger partial charge in [-0.3, -0.25) is 0 Å². The molecule has 1 atom stereocenters. The zero-order valence-corrected chi connectivity index (χ0v) is 11.1. The molecule has 0 bridgehead atoms. The van der Waals surface area contributed by atoms with Gasteiger partial charge in [-0.2, -0.15) is 0 Å². The molecular formula is C16H14ClNO. The molecule has 1 heterocycles. The average Bonchev–Trinajstić information content (AvgIpc) is 2.85. The van der Waals surface area contributed by atoms with Crippen molar-refractivity contribution in [2.75, 3.05) is 0 Å². The van der Waals surface area contributed by atoms with E-state index in [0.717, 1.165) is 28.0 Å². The van der Waals surface area contributed by atoms with E-state index in [2.05, 4.69) is 0 Å². The summed E-state index contributed by atoms with van der Waals surface area (Å²) >= 11 is 5.88. The number of furan rings is 1. The van der Waals surface area contributed by atoms with E-state index in [1.807, 2.05) is 48.5 Å². The average molecular weight is 272 g/mol. The van der Waals surface area contributed by atoms with E-state index < -0.39 is 0 Å². The van der Waals surface area contributed by atoms with Crippen molar-refractivity contribution in [2.24, 2.45) is 5.73 Å². The molecule has 2 N–H and O–H groups in total. The monoisotopic (exact) mass is 271 g/mol. The molecule has 1 aromatic heterocycles. The maximum atomic E-state index is 6.28. The van der Waals surface area contributed by atoms with E-state index in [1.54, 1.807) is 6.26 Å². The Morgan fingerprint density at radius 3 is 2.58 bits per heavy atom. The predicted molar refractivity (Wildman–Crippen MR) is 78.3 cm³/mol. The van der Waals surface area contributed by atoms with Crippen molar-refractivity contribution < 1.29 is 4.42 Å². The van der Waals surface area contributed by atoms with E-state index >= 15 is 0 Å². The van der Waals surface area contributed by atoms with Crippen LogP contribution in [0.3, 0.4) is 0 Å². The number of benzene rings is 2. The van der Waals surface area contributed by atoms with Crippen LogP contribution in [0, 0.1) is 0 Å². The van der Waals surface area contributed by atoms with Gasteiger partial charge in [0.2, 0.25) is 0 Å². The Kier molecular flexibility index (Phi) is 3.28. The van der Waals surface area contributed by atoms with Gasteiger partial charge in [0.25, 0.3) is 0 Å². The maximum absolute atomic E-state index is 6.28. The van der Waals surface area contributed by atoms with Crippen molar-refractivity contribution in [1.82, 2.24) is 0 Å². The van der Waals surface area contributed by atoms with Gasteiger partial charge in [0.1, 0.15) is 5.58 Å². The zero-order valence-electron chi connectivity index (χ0n) is 10.3. The van der Waals surface area contributed by atoms with Crippen LogP contribution in [0.2, 0.25) is 5.02 Å². The van der Waals surface area contributed by atoms with E-state index in [-0.39, 0.29) is 6.04 Å². The lowest BCUT2D eigenvalue weighted by Gasteiger charge is -2.10. The van der Waals surface area contributed by atoms with Crippen molar-refractivity contribution >= 4 is 22.6 Å². The van der Waals surface area contributed by atoms with Gasteiger partial charge in [0, 0.05) is 22.0 Å². The number of hydrogen-bond acceptors (Lipinski definition) is 2. The van der Waals surface area contributed by atoms with Crippen molar-refractivity contribution in [3.63, 3.8) is 0 Å². The summed E-state index contributed by atoms with van der Waals surface area (Å²) in [7, 11) is 0. The first-order valence-electron chi connectivity index (χ1n) is 6.20. The first-order valence-corrected chi connectivity index (χ1v) is 6.58. The second kappa shape index (κ2) is 5.08. The van der Waals surface area contributed by atoms with Crippen LogP contribution in [-0.4, -0.2) is 0 Å². The Morgan fingerprint density at radius 1 is 1.05 bits per heavy atom. The SMILES string of the molecule is NC(Cc1ccc(Cl)cc1)c1coc2ccccc12. The van der Waals surface area contributed by atoms with Crippen LogP contribution in [0.15, 0.2) is 59.2 Å². The number of fused-ring (bicyclic) bond motifs is 1. The number of para-hydroxylation sites is 1. The molecule has 3 rings (SSSR count). The van der Waals surface area contributed by atoms with Gasteiger partial charge >= 0.3 is 0 Å². The minimum absolute atomic E-state index is 0.0789. The fourth-order valence-corrected chi connectivity index (χ4v) is 2.40. The summed E-state index contributed by atoms with van der Waals surface area (Å²) in [6.07, 6.45) is 2.52. The lowest BCUT2D eigenvalue weighted by molar-refractivity contribution is 0.599. The van der Waals surface area contributed by atoms with Crippen LogP contribution in [0.1, 0.15) is 17.2 Å². The first-order chi connectivity index (χ1) is 9.24. The second-order valence-electron chi connectivity index (χ2n) is 4.62. The lowest BCUT2D eigenvalue weighted by Crippen LogP contribution is -2.12. The number of hydrogen-bond donors (Lipinski definition) is 1. The Morgan fingerprint density at radius 2 is 1.79 bits per heavy atom. The minimum Gasteiger partial charge on any atom is -0.464 e. The van der Waals surface area contributed by atoms with Gasteiger partial charge in [-0.1, -0.05) is 41.9 Å². The Hall–Kier alpha value is -1.77. The van der Waals surface area contributed by atoms with E-state index in [9.17, 15) is 0 Å². The van der Waals surface area contributed by atoms with Crippen LogP contribution in [0.4, 0.5) is 0 Å². The van der Waals surface area contributed by atoms with E-state index in [0.29, 0.717) is 0 Å². The molecule has 19 heavy (non-hydrogen) atoms. The summed E-state index contributed by atoms with van der Waals surface area (Å²) in [6, 6.07) is 15.6. The van der Waals surface area contributed by atoms with Gasteiger partial charge in [-0.15, -0.1) is 0 Å². The highest BCUT2D eigenvalue weighted by molar-refractivity contribution is 6.30. The van der Waals surface area contributed by atoms with Crippen molar-refractivity contribution in [3.8, 4) is 0 Å². The molecule has 96 valence electrons. The molecule has 0 saturated heterocycles. The topological polar surface area (TPSA) is 39.2 Å². The standard InChI is InChI=1S/C16H14ClNO/c17-12-7-5-11(6-8-12)9-15(18)14-10-19-16-4-2-1-3-13(14)16/h1-8,10,15H,9,18H2. The highest BCUT2D eigenvalue weighted by Gasteiger charge is 2.13. The smallest absolute Gasteiger partial charge is 0.134 e. The van der Waals surface area contributed by atoms with Crippen LogP contribution in [0.25, 0.3) is 11.0 Å². The van der Waals surface area contributed by atoms with Crippen molar-refractivity contribution in [1.29, 1.82) is 0 Å². The second-order valence-corrected chi connectivity index (χ2v) is 5.06. The molecule has 2 aromatic carbocycles. The van der Waals surface area contributed by atoms with Crippen LogP contribution in [-0.2, 0) is 6.42 Å². The Balaban J connectivity index is 1.87. The molecule has 0 spiro atoms. The summed E-state index contributed by atoms with van der Waals surface area (Å²) < 4.78 is 5.53. The van der Waals surface area contributed by atoms with Crippen LogP contribution >= 0.6 is 11.6 Å². The summed E-state index contributed by atoms with van der Waals surface area (Å²) in [4.78, 5) is 0. The van der Waals surface area contributed by atoms with Gasteiger partial charge < -0.3 is 10.2 Å². The molecule has 0 fully saturated rings. The van der Waals surface area contributed by atoms with E-state index in [1.165, 1.54) is 5.56 Å². The maximum Gasteiger partial charge on any atom is 0.134 e. The molecule has 0 aliphatic rings. The van der Waals surface area contributed by atoms with E-state index in [4.69, 9.17) is 21.8 Å². The molecule has 0 radical (unpaired) electrons. The highest BCUT2D eigenvalue weighted by atomic mass is 35.5. The number of rotatable bonds is 3. The van der Waals surface area contributed by atoms with Crippen molar-refractivity contribution in [2.45, 2.75) is 12.5 Å². The largest absolute Gasteiger partial charge is 0.464 e. The summed E-state index contributed by atoms with van der Waals surface area (Å²) in [5.74, 6) is 0. The molecule has 0 aliphatic heterocycles. The molecule has 0 saturated carbocycles. The first kappa shape index (κ1) is 12.3. The lowest BCUT2D eigenvalue weighted by atomic mass is 9.99. The van der Waals surface area contributed by atoms with Crippen LogP contribution in [0.5, 0.6) is 0 Å². The third kappa shape index (κ3) is 2.50. The summed E-state index contributed by atoms with van der Waals surface area (Å²) in [5, 5.41) is 1.83. The molecular weight excluding hydrogens is 258 g/mol. The molecule has 1 unspecified atom stereocenters. The molecule has 3 heteroatoms. The third-order valence-electron chi connectivity index (χ3n) is 3.28.